The average molecular weight is 529 g/mol. The molecule has 1 aliphatic rings. The van der Waals surface area contributed by atoms with Crippen LogP contribution in [0, 0.1) is 0 Å². The second-order valence-electron chi connectivity index (χ2n) is 10.1. The van der Waals surface area contributed by atoms with E-state index in [1.807, 2.05) is 19.6 Å². The number of alkyl halides is 6. The number of amides is 1. The molecular weight excluding hydrogens is 502 g/mol. The van der Waals surface area contributed by atoms with Crippen LogP contribution < -0.4 is 0 Å². The molecule has 1 fully saturated rings. The van der Waals surface area contributed by atoms with Crippen LogP contribution in [0.15, 0.2) is 58.7 Å². The summed E-state index contributed by atoms with van der Waals surface area (Å²) in [7, 11) is -2.36. The summed E-state index contributed by atoms with van der Waals surface area (Å²) in [5, 5.41) is 0.620. The number of benzene rings is 2. The summed E-state index contributed by atoms with van der Waals surface area (Å²) < 4.78 is 83.4. The summed E-state index contributed by atoms with van der Waals surface area (Å²) in [5.74, 6) is 0.196. The summed E-state index contributed by atoms with van der Waals surface area (Å²) >= 11 is 0. The predicted molar refractivity (Wildman–Crippen MR) is 129 cm³/mol. The Morgan fingerprint density at radius 2 is 1.39 bits per heavy atom. The highest BCUT2D eigenvalue weighted by atomic mass is 28.3. The Morgan fingerprint density at radius 3 is 1.78 bits per heavy atom. The van der Waals surface area contributed by atoms with Crippen LogP contribution in [-0.4, -0.2) is 37.0 Å². The number of carbonyl (C=O) groups is 1. The molecule has 0 aromatic heterocycles. The summed E-state index contributed by atoms with van der Waals surface area (Å²) in [5.41, 5.74) is -1.80. The third-order valence-corrected chi connectivity index (χ3v) is 7.56. The summed E-state index contributed by atoms with van der Waals surface area (Å²) in [4.78, 5) is 18.7. The highest BCUT2D eigenvalue weighted by molar-refractivity contribution is 6.88. The van der Waals surface area contributed by atoms with Crippen molar-refractivity contribution in [3.63, 3.8) is 0 Å². The molecule has 0 N–H and O–H groups in total. The van der Waals surface area contributed by atoms with Gasteiger partial charge in [-0.2, -0.15) is 26.3 Å². The molecular formula is C25H26F6N2O2Si. The zero-order valence-corrected chi connectivity index (χ0v) is 21.4. The number of aliphatic imine (C=N–C) groups is 1. The number of hydrogen-bond donors (Lipinski definition) is 0. The number of hydrogen-bond acceptors (Lipinski definition) is 3. The monoisotopic (exact) mass is 528 g/mol. The molecule has 1 amide bonds. The van der Waals surface area contributed by atoms with E-state index in [1.165, 1.54) is 29.2 Å². The first-order valence-electron chi connectivity index (χ1n) is 11.0. The van der Waals surface area contributed by atoms with Gasteiger partial charge in [0.15, 0.2) is 0 Å². The Kier molecular flexibility index (Phi) is 7.19. The molecule has 11 heteroatoms. The average Bonchev–Trinajstić information content (AvgIpc) is 3.01. The standard InChI is InChI=1S/C25H26F6N2O2Si/c1-23(2)15-35-22(34)33(23)21(32-19-12-10-18(11-13-19)25(29,30)31)20(36(3,4)5)14-16-6-8-17(9-7-16)24(26,27)28/h6-14H,15H2,1-5H3/b20-14+,32-21?. The molecule has 0 bridgehead atoms. The lowest BCUT2D eigenvalue weighted by Crippen LogP contribution is -2.49. The van der Waals surface area contributed by atoms with Gasteiger partial charge in [-0.3, -0.25) is 4.90 Å². The number of halogens is 6. The van der Waals surface area contributed by atoms with Gasteiger partial charge in [0.25, 0.3) is 0 Å². The Morgan fingerprint density at radius 1 is 0.917 bits per heavy atom. The molecule has 0 unspecified atom stereocenters. The summed E-state index contributed by atoms with van der Waals surface area (Å²) in [6, 6.07) is 8.80. The van der Waals surface area contributed by atoms with E-state index in [2.05, 4.69) is 4.99 Å². The molecule has 0 spiro atoms. The molecule has 0 radical (unpaired) electrons. The van der Waals surface area contributed by atoms with Gasteiger partial charge in [0.1, 0.15) is 12.4 Å². The Hall–Kier alpha value is -3.08. The van der Waals surface area contributed by atoms with Crippen molar-refractivity contribution in [2.75, 3.05) is 6.61 Å². The highest BCUT2D eigenvalue weighted by Crippen LogP contribution is 2.35. The molecule has 36 heavy (non-hydrogen) atoms. The Labute approximate surface area is 206 Å². The van der Waals surface area contributed by atoms with E-state index in [0.29, 0.717) is 10.8 Å². The third kappa shape index (κ3) is 6.18. The molecule has 0 saturated carbocycles. The molecule has 2 aromatic carbocycles. The van der Waals surface area contributed by atoms with Gasteiger partial charge >= 0.3 is 18.4 Å². The molecule has 0 aliphatic carbocycles. The minimum absolute atomic E-state index is 0.0666. The second kappa shape index (κ2) is 9.42. The molecule has 1 saturated heterocycles. The van der Waals surface area contributed by atoms with Crippen molar-refractivity contribution in [2.45, 2.75) is 51.4 Å². The lowest BCUT2D eigenvalue weighted by atomic mass is 10.1. The topological polar surface area (TPSA) is 41.9 Å². The van der Waals surface area contributed by atoms with Crippen LogP contribution in [0.25, 0.3) is 6.08 Å². The first-order chi connectivity index (χ1) is 16.4. The minimum Gasteiger partial charge on any atom is -0.447 e. The molecule has 1 aliphatic heterocycles. The van der Waals surface area contributed by atoms with Gasteiger partial charge in [-0.1, -0.05) is 37.8 Å². The predicted octanol–water partition coefficient (Wildman–Crippen LogP) is 7.95. The van der Waals surface area contributed by atoms with Crippen molar-refractivity contribution >= 4 is 31.8 Å². The normalized spacial score (nSPS) is 17.4. The van der Waals surface area contributed by atoms with E-state index in [9.17, 15) is 31.1 Å². The van der Waals surface area contributed by atoms with Gasteiger partial charge in [0.2, 0.25) is 0 Å². The van der Waals surface area contributed by atoms with E-state index in [4.69, 9.17) is 4.74 Å². The van der Waals surface area contributed by atoms with Crippen LogP contribution in [0.3, 0.4) is 0 Å². The first-order valence-corrected chi connectivity index (χ1v) is 14.5. The fraction of sp³-hybridized carbons (Fsp3) is 0.360. The zero-order chi connectivity index (χ0) is 27.1. The van der Waals surface area contributed by atoms with Crippen LogP contribution in [0.5, 0.6) is 0 Å². The van der Waals surface area contributed by atoms with E-state index >= 15 is 0 Å². The van der Waals surface area contributed by atoms with Crippen molar-refractivity contribution < 1.29 is 35.9 Å². The zero-order valence-electron chi connectivity index (χ0n) is 20.4. The van der Waals surface area contributed by atoms with Crippen LogP contribution in [0.1, 0.15) is 30.5 Å². The largest absolute Gasteiger partial charge is 0.447 e. The fourth-order valence-electron chi connectivity index (χ4n) is 3.62. The minimum atomic E-state index is -4.52. The SMILES string of the molecule is CC1(C)COC(=O)N1C(=Nc1ccc(C(F)(F)F)cc1)/C(=C\c1ccc(C(F)(F)F)cc1)[Si](C)(C)C. The van der Waals surface area contributed by atoms with Crippen molar-refractivity contribution in [3.8, 4) is 0 Å². The number of ether oxygens (including phenoxy) is 1. The lowest BCUT2D eigenvalue weighted by molar-refractivity contribution is -0.138. The van der Waals surface area contributed by atoms with Gasteiger partial charge < -0.3 is 4.74 Å². The molecule has 194 valence electrons. The fourth-order valence-corrected chi connectivity index (χ4v) is 5.06. The van der Waals surface area contributed by atoms with E-state index in [-0.39, 0.29) is 18.1 Å². The quantitative estimate of drug-likeness (QED) is 0.175. The number of rotatable bonds is 4. The van der Waals surface area contributed by atoms with Crippen molar-refractivity contribution in [2.24, 2.45) is 4.99 Å². The Bertz CT molecular complexity index is 1180. The first kappa shape index (κ1) is 27.5. The number of nitrogens with zero attached hydrogens (tertiary/aromatic N) is 2. The van der Waals surface area contributed by atoms with E-state index in [1.54, 1.807) is 19.9 Å². The van der Waals surface area contributed by atoms with Crippen LogP contribution >= 0.6 is 0 Å². The van der Waals surface area contributed by atoms with Gasteiger partial charge in [0.05, 0.1) is 30.4 Å². The van der Waals surface area contributed by atoms with Crippen molar-refractivity contribution in [1.82, 2.24) is 4.90 Å². The smallest absolute Gasteiger partial charge is 0.416 e. The van der Waals surface area contributed by atoms with Crippen molar-refractivity contribution in [3.05, 3.63) is 70.4 Å². The summed E-state index contributed by atoms with van der Waals surface area (Å²) in [6.07, 6.45) is -7.99. The second-order valence-corrected chi connectivity index (χ2v) is 15.1. The third-order valence-electron chi connectivity index (χ3n) is 5.58. The van der Waals surface area contributed by atoms with Gasteiger partial charge in [-0.05, 0) is 61.0 Å². The molecule has 4 nitrogen and oxygen atoms in total. The Balaban J connectivity index is 2.20. The molecule has 3 rings (SSSR count). The van der Waals surface area contributed by atoms with Gasteiger partial charge in [-0.15, -0.1) is 0 Å². The van der Waals surface area contributed by atoms with Crippen LogP contribution in [-0.2, 0) is 17.1 Å². The highest BCUT2D eigenvalue weighted by Gasteiger charge is 2.45. The number of amidine groups is 1. The van der Waals surface area contributed by atoms with Crippen LogP contribution in [0.4, 0.5) is 36.8 Å². The van der Waals surface area contributed by atoms with Gasteiger partial charge in [-0.25, -0.2) is 9.79 Å². The van der Waals surface area contributed by atoms with Crippen molar-refractivity contribution in [1.29, 1.82) is 0 Å². The maximum atomic E-state index is 13.0. The number of cyclic esters (lactones) is 1. The molecule has 2 aromatic rings. The van der Waals surface area contributed by atoms with E-state index in [0.717, 1.165) is 24.3 Å². The molecule has 1 heterocycles. The maximum Gasteiger partial charge on any atom is 0.416 e. The lowest BCUT2D eigenvalue weighted by Gasteiger charge is -2.33. The maximum absolute atomic E-state index is 13.0. The van der Waals surface area contributed by atoms with Gasteiger partial charge in [0, 0.05) is 0 Å². The van der Waals surface area contributed by atoms with Crippen LogP contribution in [0.2, 0.25) is 19.6 Å². The van der Waals surface area contributed by atoms with E-state index < -0.39 is 43.2 Å². The number of carbonyl (C=O) groups excluding carboxylic acids is 1. The summed E-state index contributed by atoms with van der Waals surface area (Å²) in [6.45, 7) is 9.51. The molecule has 0 atom stereocenters.